The number of hydrogen-bond donors (Lipinski definition) is 0. The maximum atomic E-state index is 12.1. The highest BCUT2D eigenvalue weighted by molar-refractivity contribution is 6.35. The second-order valence-electron chi connectivity index (χ2n) is 6.06. The topological polar surface area (TPSA) is 38.8 Å². The van der Waals surface area contributed by atoms with Crippen LogP contribution in [-0.2, 0) is 19.8 Å². The van der Waals surface area contributed by atoms with Crippen molar-refractivity contribution in [1.29, 1.82) is 0 Å². The first-order valence-corrected chi connectivity index (χ1v) is 8.06. The molecule has 1 heterocycles. The summed E-state index contributed by atoms with van der Waals surface area (Å²) in [6.07, 6.45) is -3.41. The standard InChI is InChI=1S/C15H14Cl2F3NO3/c16-9-1-2-11(12(17)5-9)14(3-4-14)8-23-10-6-21(7-10)24-13(22)15(18,19)20/h1-2,5,10H,3-4,6-8H2. The van der Waals surface area contributed by atoms with Crippen molar-refractivity contribution in [2.75, 3.05) is 19.7 Å². The van der Waals surface area contributed by atoms with Crippen LogP contribution >= 0.6 is 23.2 Å². The van der Waals surface area contributed by atoms with Gasteiger partial charge >= 0.3 is 12.1 Å². The highest BCUT2D eigenvalue weighted by Crippen LogP contribution is 2.51. The lowest BCUT2D eigenvalue weighted by Crippen LogP contribution is -2.54. The van der Waals surface area contributed by atoms with Crippen molar-refractivity contribution in [3.05, 3.63) is 33.8 Å². The number of carbonyl (C=O) groups is 1. The average Bonchev–Trinajstić information content (AvgIpc) is 3.20. The molecule has 1 aliphatic carbocycles. The molecular weight excluding hydrogens is 370 g/mol. The first-order valence-electron chi connectivity index (χ1n) is 7.31. The molecule has 0 radical (unpaired) electrons. The van der Waals surface area contributed by atoms with Crippen molar-refractivity contribution in [1.82, 2.24) is 5.06 Å². The van der Waals surface area contributed by atoms with E-state index in [1.165, 1.54) is 0 Å². The Morgan fingerprint density at radius 3 is 2.50 bits per heavy atom. The van der Waals surface area contributed by atoms with Gasteiger partial charge in [-0.3, -0.25) is 0 Å². The monoisotopic (exact) mass is 383 g/mol. The van der Waals surface area contributed by atoms with Crippen LogP contribution in [0, 0.1) is 0 Å². The Bertz CT molecular complexity index is 643. The minimum absolute atomic E-state index is 0.117. The van der Waals surface area contributed by atoms with Crippen LogP contribution in [0.1, 0.15) is 18.4 Å². The van der Waals surface area contributed by atoms with Crippen molar-refractivity contribution in [3.8, 4) is 0 Å². The second-order valence-corrected chi connectivity index (χ2v) is 6.90. The maximum absolute atomic E-state index is 12.1. The molecule has 132 valence electrons. The van der Waals surface area contributed by atoms with Crippen LogP contribution in [0.4, 0.5) is 13.2 Å². The SMILES string of the molecule is O=C(ON1CC(OCC2(c3ccc(Cl)cc3Cl)CC2)C1)C(F)(F)F. The molecule has 0 aromatic heterocycles. The minimum atomic E-state index is -4.99. The van der Waals surface area contributed by atoms with E-state index in [9.17, 15) is 18.0 Å². The fraction of sp³-hybridized carbons (Fsp3) is 0.533. The fourth-order valence-electron chi connectivity index (χ4n) is 2.59. The number of carbonyl (C=O) groups excluding carboxylic acids is 1. The number of benzene rings is 1. The molecule has 24 heavy (non-hydrogen) atoms. The van der Waals surface area contributed by atoms with Crippen LogP contribution in [0.5, 0.6) is 0 Å². The zero-order chi connectivity index (χ0) is 17.5. The molecule has 0 atom stereocenters. The molecule has 2 aliphatic rings. The van der Waals surface area contributed by atoms with Crippen molar-refractivity contribution in [2.24, 2.45) is 0 Å². The predicted molar refractivity (Wildman–Crippen MR) is 80.8 cm³/mol. The largest absolute Gasteiger partial charge is 0.492 e. The molecular formula is C15H14Cl2F3NO3. The van der Waals surface area contributed by atoms with E-state index in [1.54, 1.807) is 12.1 Å². The van der Waals surface area contributed by atoms with Gasteiger partial charge in [-0.05, 0) is 30.5 Å². The molecule has 1 aliphatic heterocycles. The summed E-state index contributed by atoms with van der Waals surface area (Å²) < 4.78 is 42.0. The van der Waals surface area contributed by atoms with E-state index in [4.69, 9.17) is 27.9 Å². The van der Waals surface area contributed by atoms with Gasteiger partial charge in [0.2, 0.25) is 0 Å². The first-order chi connectivity index (χ1) is 11.2. The van der Waals surface area contributed by atoms with Crippen LogP contribution in [0.15, 0.2) is 18.2 Å². The van der Waals surface area contributed by atoms with E-state index >= 15 is 0 Å². The Balaban J connectivity index is 1.47. The zero-order valence-corrected chi connectivity index (χ0v) is 13.9. The summed E-state index contributed by atoms with van der Waals surface area (Å²) in [6.45, 7) is 0.651. The van der Waals surface area contributed by atoms with Gasteiger partial charge in [0.05, 0.1) is 25.8 Å². The van der Waals surface area contributed by atoms with Gasteiger partial charge in [0.15, 0.2) is 0 Å². The van der Waals surface area contributed by atoms with Crippen LogP contribution in [0.2, 0.25) is 10.0 Å². The number of hydroxylamine groups is 2. The third-order valence-corrected chi connectivity index (χ3v) is 4.76. The molecule has 0 spiro atoms. The van der Waals surface area contributed by atoms with Gasteiger partial charge in [-0.15, -0.1) is 5.06 Å². The molecule has 1 saturated carbocycles. The second kappa shape index (κ2) is 6.37. The summed E-state index contributed by atoms with van der Waals surface area (Å²) in [6, 6.07) is 5.32. The summed E-state index contributed by atoms with van der Waals surface area (Å²) in [4.78, 5) is 14.9. The van der Waals surface area contributed by atoms with E-state index < -0.39 is 12.1 Å². The Kier molecular flexibility index (Phi) is 4.72. The van der Waals surface area contributed by atoms with E-state index in [1.807, 2.05) is 6.07 Å². The highest BCUT2D eigenvalue weighted by atomic mass is 35.5. The Labute approximate surface area is 146 Å². The maximum Gasteiger partial charge on any atom is 0.492 e. The van der Waals surface area contributed by atoms with Crippen LogP contribution < -0.4 is 0 Å². The van der Waals surface area contributed by atoms with Crippen molar-refractivity contribution in [3.63, 3.8) is 0 Å². The van der Waals surface area contributed by atoms with E-state index in [0.717, 1.165) is 23.5 Å². The highest BCUT2D eigenvalue weighted by Gasteiger charge is 2.48. The van der Waals surface area contributed by atoms with E-state index in [0.29, 0.717) is 16.7 Å². The van der Waals surface area contributed by atoms with Gasteiger partial charge in [0.25, 0.3) is 0 Å². The summed E-state index contributed by atoms with van der Waals surface area (Å²) in [5, 5.41) is 2.08. The quantitative estimate of drug-likeness (QED) is 0.776. The number of nitrogens with zero attached hydrogens (tertiary/aromatic N) is 1. The molecule has 0 amide bonds. The number of ether oxygens (including phenoxy) is 1. The number of alkyl halides is 3. The van der Waals surface area contributed by atoms with Crippen LogP contribution in [0.3, 0.4) is 0 Å². The lowest BCUT2D eigenvalue weighted by molar-refractivity contribution is -0.269. The zero-order valence-electron chi connectivity index (χ0n) is 12.4. The summed E-state index contributed by atoms with van der Waals surface area (Å²) >= 11 is 12.1. The van der Waals surface area contributed by atoms with Gasteiger partial charge in [-0.25, -0.2) is 4.79 Å². The van der Waals surface area contributed by atoms with Gasteiger partial charge < -0.3 is 9.57 Å². The van der Waals surface area contributed by atoms with Crippen LogP contribution in [-0.4, -0.2) is 43.0 Å². The molecule has 1 saturated heterocycles. The summed E-state index contributed by atoms with van der Waals surface area (Å²) in [7, 11) is 0. The van der Waals surface area contributed by atoms with Crippen molar-refractivity contribution >= 4 is 29.2 Å². The molecule has 0 bridgehead atoms. The third kappa shape index (κ3) is 3.79. The van der Waals surface area contributed by atoms with Crippen LogP contribution in [0.25, 0.3) is 0 Å². The predicted octanol–water partition coefficient (Wildman–Crippen LogP) is 3.75. The first kappa shape index (κ1) is 17.8. The normalized spacial score (nSPS) is 20.5. The number of halogens is 5. The van der Waals surface area contributed by atoms with Gasteiger partial charge in [0.1, 0.15) is 0 Å². The molecule has 0 N–H and O–H groups in total. The van der Waals surface area contributed by atoms with Gasteiger partial charge in [-0.2, -0.15) is 13.2 Å². The number of hydrogen-bond acceptors (Lipinski definition) is 4. The van der Waals surface area contributed by atoms with E-state index in [-0.39, 0.29) is 24.6 Å². The molecule has 2 fully saturated rings. The molecule has 1 aromatic rings. The third-order valence-electron chi connectivity index (χ3n) is 4.21. The van der Waals surface area contributed by atoms with Crippen molar-refractivity contribution in [2.45, 2.75) is 30.5 Å². The minimum Gasteiger partial charge on any atom is -0.374 e. The average molecular weight is 384 g/mol. The Morgan fingerprint density at radius 2 is 1.96 bits per heavy atom. The van der Waals surface area contributed by atoms with Gasteiger partial charge in [0, 0.05) is 15.5 Å². The smallest absolute Gasteiger partial charge is 0.374 e. The molecule has 4 nitrogen and oxygen atoms in total. The number of rotatable bonds is 5. The molecule has 3 rings (SSSR count). The fourth-order valence-corrected chi connectivity index (χ4v) is 3.20. The van der Waals surface area contributed by atoms with Gasteiger partial charge in [-0.1, -0.05) is 29.3 Å². The molecule has 1 aromatic carbocycles. The van der Waals surface area contributed by atoms with E-state index in [2.05, 4.69) is 4.84 Å². The summed E-state index contributed by atoms with van der Waals surface area (Å²) in [5.74, 6) is -2.22. The molecule has 9 heteroatoms. The Hall–Kier alpha value is -1.02. The summed E-state index contributed by atoms with van der Waals surface area (Å²) in [5.41, 5.74) is 0.804. The Morgan fingerprint density at radius 1 is 1.29 bits per heavy atom. The van der Waals surface area contributed by atoms with Crippen molar-refractivity contribution < 1.29 is 27.5 Å². The molecule has 0 unspecified atom stereocenters. The lowest BCUT2D eigenvalue weighted by Gasteiger charge is -2.37. The lowest BCUT2D eigenvalue weighted by atomic mass is 9.97.